The van der Waals surface area contributed by atoms with Gasteiger partial charge in [-0.15, -0.1) is 0 Å². The molecule has 0 fully saturated rings. The van der Waals surface area contributed by atoms with Crippen LogP contribution >= 0.6 is 0 Å². The molecule has 20 heavy (non-hydrogen) atoms. The number of hydrogen-bond donors (Lipinski definition) is 2. The van der Waals surface area contributed by atoms with Gasteiger partial charge < -0.3 is 15.4 Å². The van der Waals surface area contributed by atoms with E-state index in [2.05, 4.69) is 15.6 Å². The Morgan fingerprint density at radius 2 is 2.05 bits per heavy atom. The van der Waals surface area contributed by atoms with E-state index in [9.17, 15) is 4.79 Å². The van der Waals surface area contributed by atoms with Crippen LogP contribution in [0, 0.1) is 0 Å². The van der Waals surface area contributed by atoms with E-state index in [1.807, 2.05) is 30.3 Å². The first-order valence-electron chi connectivity index (χ1n) is 6.39. The van der Waals surface area contributed by atoms with Crippen LogP contribution in [0.25, 0.3) is 0 Å². The van der Waals surface area contributed by atoms with Gasteiger partial charge in [0.05, 0.1) is 6.54 Å². The zero-order valence-electron chi connectivity index (χ0n) is 11.3. The predicted molar refractivity (Wildman–Crippen MR) is 78.1 cm³/mol. The Morgan fingerprint density at radius 1 is 1.25 bits per heavy atom. The number of carbonyl (C=O) groups excluding carboxylic acids is 1. The standard InChI is InChI=1S/C15H17N3O2/c1-16-12-7-8-17-14(11-12)15(19)18-9-10-20-13-5-3-2-4-6-13/h2-8,11H,9-10H2,1H3,(H,16,17)(H,18,19). The molecule has 2 aromatic rings. The van der Waals surface area contributed by atoms with Crippen molar-refractivity contribution in [3.8, 4) is 5.75 Å². The molecule has 0 radical (unpaired) electrons. The lowest BCUT2D eigenvalue weighted by atomic mass is 10.3. The number of hydrogen-bond acceptors (Lipinski definition) is 4. The molecule has 5 heteroatoms. The maximum atomic E-state index is 11.9. The molecule has 0 aliphatic heterocycles. The lowest BCUT2D eigenvalue weighted by Crippen LogP contribution is -2.28. The summed E-state index contributed by atoms with van der Waals surface area (Å²) in [6.45, 7) is 0.848. The molecule has 0 saturated heterocycles. The number of benzene rings is 1. The highest BCUT2D eigenvalue weighted by Crippen LogP contribution is 2.08. The predicted octanol–water partition coefficient (Wildman–Crippen LogP) is 1.93. The van der Waals surface area contributed by atoms with Crippen molar-refractivity contribution in [2.45, 2.75) is 0 Å². The van der Waals surface area contributed by atoms with Gasteiger partial charge in [0.15, 0.2) is 0 Å². The maximum Gasteiger partial charge on any atom is 0.270 e. The lowest BCUT2D eigenvalue weighted by Gasteiger charge is -2.08. The number of carbonyl (C=O) groups is 1. The van der Waals surface area contributed by atoms with Gasteiger partial charge in [-0.05, 0) is 24.3 Å². The highest BCUT2D eigenvalue weighted by Gasteiger charge is 2.06. The van der Waals surface area contributed by atoms with E-state index >= 15 is 0 Å². The summed E-state index contributed by atoms with van der Waals surface area (Å²) in [5, 5.41) is 5.73. The fraction of sp³-hybridized carbons (Fsp3) is 0.200. The molecular weight excluding hydrogens is 254 g/mol. The molecule has 1 aromatic carbocycles. The largest absolute Gasteiger partial charge is 0.492 e. The molecule has 1 amide bonds. The topological polar surface area (TPSA) is 63.2 Å². The van der Waals surface area contributed by atoms with Crippen LogP contribution in [0.3, 0.4) is 0 Å². The lowest BCUT2D eigenvalue weighted by molar-refractivity contribution is 0.0942. The Hall–Kier alpha value is -2.56. The normalized spacial score (nSPS) is 9.85. The number of aromatic nitrogens is 1. The smallest absolute Gasteiger partial charge is 0.270 e. The Kier molecular flexibility index (Phi) is 4.94. The summed E-state index contributed by atoms with van der Waals surface area (Å²) in [4.78, 5) is 15.9. The van der Waals surface area contributed by atoms with Gasteiger partial charge >= 0.3 is 0 Å². The number of nitrogens with one attached hydrogen (secondary N) is 2. The highest BCUT2D eigenvalue weighted by molar-refractivity contribution is 5.93. The van der Waals surface area contributed by atoms with Crippen molar-refractivity contribution in [2.24, 2.45) is 0 Å². The molecule has 0 aliphatic rings. The van der Waals surface area contributed by atoms with Gasteiger partial charge in [-0.3, -0.25) is 9.78 Å². The van der Waals surface area contributed by atoms with E-state index in [-0.39, 0.29) is 5.91 Å². The molecule has 0 atom stereocenters. The average molecular weight is 271 g/mol. The molecule has 1 aromatic heterocycles. The van der Waals surface area contributed by atoms with Gasteiger partial charge in [-0.2, -0.15) is 0 Å². The Balaban J connectivity index is 1.77. The van der Waals surface area contributed by atoms with Gasteiger partial charge in [0.1, 0.15) is 18.1 Å². The van der Waals surface area contributed by atoms with Crippen molar-refractivity contribution < 1.29 is 9.53 Å². The second kappa shape index (κ2) is 7.13. The van der Waals surface area contributed by atoms with Gasteiger partial charge in [0, 0.05) is 18.9 Å². The third-order valence-corrected chi connectivity index (χ3v) is 2.68. The summed E-state index contributed by atoms with van der Waals surface area (Å²) in [5.41, 5.74) is 1.24. The molecule has 0 unspecified atom stereocenters. The third kappa shape index (κ3) is 3.98. The Bertz CT molecular complexity index is 558. The van der Waals surface area contributed by atoms with Crippen LogP contribution < -0.4 is 15.4 Å². The number of para-hydroxylation sites is 1. The van der Waals surface area contributed by atoms with E-state index < -0.39 is 0 Å². The monoisotopic (exact) mass is 271 g/mol. The third-order valence-electron chi connectivity index (χ3n) is 2.68. The van der Waals surface area contributed by atoms with Crippen molar-refractivity contribution in [2.75, 3.05) is 25.5 Å². The number of amides is 1. The first-order valence-corrected chi connectivity index (χ1v) is 6.39. The number of nitrogens with zero attached hydrogens (tertiary/aromatic N) is 1. The Morgan fingerprint density at radius 3 is 2.80 bits per heavy atom. The molecule has 2 rings (SSSR count). The summed E-state index contributed by atoms with van der Waals surface area (Å²) in [6, 6.07) is 13.0. The molecule has 0 aliphatic carbocycles. The fourth-order valence-corrected chi connectivity index (χ4v) is 1.65. The van der Waals surface area contributed by atoms with Crippen LogP contribution in [0.15, 0.2) is 48.7 Å². The number of anilines is 1. The van der Waals surface area contributed by atoms with E-state index in [0.29, 0.717) is 18.8 Å². The number of pyridine rings is 1. The second-order valence-corrected chi connectivity index (χ2v) is 4.10. The number of ether oxygens (including phenoxy) is 1. The van der Waals surface area contributed by atoms with Crippen LogP contribution in [-0.4, -0.2) is 31.1 Å². The summed E-state index contributed by atoms with van der Waals surface area (Å²) >= 11 is 0. The zero-order valence-corrected chi connectivity index (χ0v) is 11.3. The molecule has 104 valence electrons. The highest BCUT2D eigenvalue weighted by atomic mass is 16.5. The molecule has 1 heterocycles. The minimum absolute atomic E-state index is 0.209. The summed E-state index contributed by atoms with van der Waals surface area (Å²) < 4.78 is 5.49. The second-order valence-electron chi connectivity index (χ2n) is 4.10. The zero-order chi connectivity index (χ0) is 14.2. The van der Waals surface area contributed by atoms with E-state index in [4.69, 9.17) is 4.74 Å². The van der Waals surface area contributed by atoms with Gasteiger partial charge in [-0.25, -0.2) is 0 Å². The first kappa shape index (κ1) is 13.9. The molecule has 2 N–H and O–H groups in total. The van der Waals surface area contributed by atoms with E-state index in [1.165, 1.54) is 0 Å². The van der Waals surface area contributed by atoms with Crippen molar-refractivity contribution in [1.82, 2.24) is 10.3 Å². The van der Waals surface area contributed by atoms with Crippen LogP contribution in [0.5, 0.6) is 5.75 Å². The van der Waals surface area contributed by atoms with Crippen LogP contribution in [0.1, 0.15) is 10.5 Å². The molecule has 0 spiro atoms. The fourth-order valence-electron chi connectivity index (χ4n) is 1.65. The van der Waals surface area contributed by atoms with Gasteiger partial charge in [-0.1, -0.05) is 18.2 Å². The summed E-state index contributed by atoms with van der Waals surface area (Å²) in [6.07, 6.45) is 1.60. The molecule has 0 saturated carbocycles. The first-order chi connectivity index (χ1) is 9.79. The van der Waals surface area contributed by atoms with E-state index in [1.54, 1.807) is 25.4 Å². The Labute approximate surface area is 118 Å². The van der Waals surface area contributed by atoms with Crippen molar-refractivity contribution in [3.05, 3.63) is 54.4 Å². The maximum absolute atomic E-state index is 11.9. The minimum atomic E-state index is -0.209. The van der Waals surface area contributed by atoms with Crippen molar-refractivity contribution in [1.29, 1.82) is 0 Å². The molecule has 5 nitrogen and oxygen atoms in total. The van der Waals surface area contributed by atoms with Crippen LogP contribution in [-0.2, 0) is 0 Å². The summed E-state index contributed by atoms with van der Waals surface area (Å²) in [7, 11) is 1.80. The van der Waals surface area contributed by atoms with Crippen LogP contribution in [0.2, 0.25) is 0 Å². The van der Waals surface area contributed by atoms with Crippen molar-refractivity contribution >= 4 is 11.6 Å². The van der Waals surface area contributed by atoms with Crippen molar-refractivity contribution in [3.63, 3.8) is 0 Å². The SMILES string of the molecule is CNc1ccnc(C(=O)NCCOc2ccccc2)c1. The molecule has 0 bridgehead atoms. The van der Waals surface area contributed by atoms with E-state index in [0.717, 1.165) is 11.4 Å². The van der Waals surface area contributed by atoms with Gasteiger partial charge in [0.25, 0.3) is 5.91 Å². The van der Waals surface area contributed by atoms with Gasteiger partial charge in [0.2, 0.25) is 0 Å². The minimum Gasteiger partial charge on any atom is -0.492 e. The summed E-state index contributed by atoms with van der Waals surface area (Å²) in [5.74, 6) is 0.579. The molecular formula is C15H17N3O2. The van der Waals surface area contributed by atoms with Crippen LogP contribution in [0.4, 0.5) is 5.69 Å². The number of rotatable bonds is 6. The quantitative estimate of drug-likeness (QED) is 0.788. The average Bonchev–Trinajstić information content (AvgIpc) is 2.52.